The fraction of sp³-hybridized carbons (Fsp3) is 0.318. The second-order valence-corrected chi connectivity index (χ2v) is 6.96. The number of carbonyl (C=O) groups is 1. The number of carbonyl (C=O) groups excluding carboxylic acids is 1. The van der Waals surface area contributed by atoms with Gasteiger partial charge in [-0.1, -0.05) is 48.5 Å². The van der Waals surface area contributed by atoms with Gasteiger partial charge in [0, 0.05) is 42.4 Å². The Balaban J connectivity index is 1.52. The molecule has 3 aromatic rings. The lowest BCUT2D eigenvalue weighted by atomic mass is 10.1. The summed E-state index contributed by atoms with van der Waals surface area (Å²) in [5.74, 6) is 0.149. The summed E-state index contributed by atoms with van der Waals surface area (Å²) in [6.07, 6.45) is 4.25. The molecule has 4 heteroatoms. The maximum absolute atomic E-state index is 13.0. The zero-order chi connectivity index (χ0) is 17.8. The van der Waals surface area contributed by atoms with Gasteiger partial charge in [0.15, 0.2) is 5.78 Å². The van der Waals surface area contributed by atoms with Crippen molar-refractivity contribution in [3.63, 3.8) is 0 Å². The number of ether oxygens (including phenoxy) is 1. The van der Waals surface area contributed by atoms with Gasteiger partial charge in [0.05, 0.1) is 12.6 Å². The van der Waals surface area contributed by atoms with Crippen LogP contribution in [-0.4, -0.2) is 41.5 Å². The number of rotatable bonds is 7. The molecular formula is C22H24N2O2. The Morgan fingerprint density at radius 1 is 1.12 bits per heavy atom. The zero-order valence-electron chi connectivity index (χ0n) is 14.9. The molecule has 2 aromatic carbocycles. The summed E-state index contributed by atoms with van der Waals surface area (Å²) >= 11 is 0. The van der Waals surface area contributed by atoms with Crippen molar-refractivity contribution in [1.82, 2.24) is 9.88 Å². The molecule has 0 radical (unpaired) electrons. The fourth-order valence-electron chi connectivity index (χ4n) is 3.69. The van der Waals surface area contributed by atoms with Crippen LogP contribution in [0.5, 0.6) is 0 Å². The van der Waals surface area contributed by atoms with Gasteiger partial charge in [-0.3, -0.25) is 9.69 Å². The number of nitrogens with zero attached hydrogens (tertiary/aromatic N) is 1. The first-order valence-corrected chi connectivity index (χ1v) is 9.27. The highest BCUT2D eigenvalue weighted by Gasteiger charge is 2.22. The number of Topliss-reactive ketones (excluding diaryl/α,β-unsaturated/α-hetero) is 1. The largest absolute Gasteiger partial charge is 0.377 e. The van der Waals surface area contributed by atoms with Crippen molar-refractivity contribution >= 4 is 16.7 Å². The Kier molecular flexibility index (Phi) is 5.14. The molecule has 2 heterocycles. The van der Waals surface area contributed by atoms with E-state index in [4.69, 9.17) is 4.74 Å². The van der Waals surface area contributed by atoms with Gasteiger partial charge in [-0.05, 0) is 24.5 Å². The van der Waals surface area contributed by atoms with Crippen molar-refractivity contribution in [2.75, 3.05) is 19.7 Å². The van der Waals surface area contributed by atoms with Crippen LogP contribution in [0.4, 0.5) is 0 Å². The Hall–Kier alpha value is -2.43. The molecular weight excluding hydrogens is 324 g/mol. The van der Waals surface area contributed by atoms with Crippen LogP contribution in [-0.2, 0) is 11.3 Å². The molecule has 0 amide bonds. The van der Waals surface area contributed by atoms with Crippen LogP contribution < -0.4 is 0 Å². The van der Waals surface area contributed by atoms with E-state index in [-0.39, 0.29) is 11.9 Å². The average molecular weight is 348 g/mol. The molecule has 4 rings (SSSR count). The Bertz CT molecular complexity index is 866. The molecule has 26 heavy (non-hydrogen) atoms. The van der Waals surface area contributed by atoms with Crippen molar-refractivity contribution in [2.24, 2.45) is 0 Å². The second-order valence-electron chi connectivity index (χ2n) is 6.96. The number of ketones is 1. The van der Waals surface area contributed by atoms with Crippen LogP contribution in [0.3, 0.4) is 0 Å². The van der Waals surface area contributed by atoms with Crippen LogP contribution >= 0.6 is 0 Å². The first kappa shape index (κ1) is 17.0. The zero-order valence-corrected chi connectivity index (χ0v) is 14.9. The van der Waals surface area contributed by atoms with Crippen LogP contribution in [0.2, 0.25) is 0 Å². The Morgan fingerprint density at radius 3 is 2.73 bits per heavy atom. The van der Waals surface area contributed by atoms with Gasteiger partial charge >= 0.3 is 0 Å². The normalized spacial score (nSPS) is 17.2. The van der Waals surface area contributed by atoms with E-state index in [0.29, 0.717) is 6.54 Å². The summed E-state index contributed by atoms with van der Waals surface area (Å²) in [5.41, 5.74) is 2.99. The quantitative estimate of drug-likeness (QED) is 0.656. The minimum absolute atomic E-state index is 0.149. The summed E-state index contributed by atoms with van der Waals surface area (Å²) in [7, 11) is 0. The van der Waals surface area contributed by atoms with Crippen molar-refractivity contribution in [3.8, 4) is 0 Å². The van der Waals surface area contributed by atoms with Gasteiger partial charge in [-0.2, -0.15) is 0 Å². The van der Waals surface area contributed by atoms with Crippen LogP contribution in [0.15, 0.2) is 60.8 Å². The monoisotopic (exact) mass is 348 g/mol. The van der Waals surface area contributed by atoms with Gasteiger partial charge < -0.3 is 9.72 Å². The molecule has 0 aliphatic carbocycles. The predicted octanol–water partition coefficient (Wildman–Crippen LogP) is 4.03. The van der Waals surface area contributed by atoms with Gasteiger partial charge in [-0.15, -0.1) is 0 Å². The molecule has 1 unspecified atom stereocenters. The lowest BCUT2D eigenvalue weighted by Gasteiger charge is -2.24. The molecule has 1 aromatic heterocycles. The van der Waals surface area contributed by atoms with E-state index in [1.807, 2.05) is 48.7 Å². The third-order valence-electron chi connectivity index (χ3n) is 4.99. The number of para-hydroxylation sites is 1. The van der Waals surface area contributed by atoms with E-state index in [0.717, 1.165) is 49.0 Å². The number of nitrogens with one attached hydrogen (secondary N) is 1. The van der Waals surface area contributed by atoms with Crippen molar-refractivity contribution < 1.29 is 9.53 Å². The molecule has 1 aliphatic heterocycles. The van der Waals surface area contributed by atoms with Crippen molar-refractivity contribution in [2.45, 2.75) is 25.5 Å². The number of hydrogen-bond donors (Lipinski definition) is 1. The second kappa shape index (κ2) is 7.85. The van der Waals surface area contributed by atoms with E-state index < -0.39 is 0 Å². The molecule has 4 nitrogen and oxygen atoms in total. The third kappa shape index (κ3) is 3.87. The van der Waals surface area contributed by atoms with E-state index in [1.165, 1.54) is 5.56 Å². The van der Waals surface area contributed by atoms with E-state index in [9.17, 15) is 4.79 Å². The molecule has 1 aliphatic rings. The highest BCUT2D eigenvalue weighted by Crippen LogP contribution is 2.20. The Morgan fingerprint density at radius 2 is 1.92 bits per heavy atom. The lowest BCUT2D eigenvalue weighted by Crippen LogP contribution is -2.35. The highest BCUT2D eigenvalue weighted by molar-refractivity contribution is 6.08. The molecule has 1 saturated heterocycles. The van der Waals surface area contributed by atoms with E-state index in [1.54, 1.807) is 0 Å². The van der Waals surface area contributed by atoms with Crippen LogP contribution in [0.25, 0.3) is 10.9 Å². The summed E-state index contributed by atoms with van der Waals surface area (Å²) in [5, 5.41) is 0.995. The van der Waals surface area contributed by atoms with Gasteiger partial charge in [0.25, 0.3) is 0 Å². The molecule has 1 fully saturated rings. The van der Waals surface area contributed by atoms with Gasteiger partial charge in [0.1, 0.15) is 0 Å². The van der Waals surface area contributed by atoms with Gasteiger partial charge in [-0.25, -0.2) is 0 Å². The fourth-order valence-corrected chi connectivity index (χ4v) is 3.69. The van der Waals surface area contributed by atoms with Gasteiger partial charge in [0.2, 0.25) is 0 Å². The number of hydrogen-bond acceptors (Lipinski definition) is 3. The summed E-state index contributed by atoms with van der Waals surface area (Å²) < 4.78 is 5.80. The molecule has 0 spiro atoms. The summed E-state index contributed by atoms with van der Waals surface area (Å²) in [4.78, 5) is 18.4. The minimum Gasteiger partial charge on any atom is -0.377 e. The topological polar surface area (TPSA) is 45.3 Å². The maximum Gasteiger partial charge on any atom is 0.178 e. The first-order valence-electron chi connectivity index (χ1n) is 9.27. The molecule has 0 saturated carbocycles. The summed E-state index contributed by atoms with van der Waals surface area (Å²) in [6.45, 7) is 2.79. The number of aromatic amines is 1. The third-order valence-corrected chi connectivity index (χ3v) is 4.99. The predicted molar refractivity (Wildman–Crippen MR) is 103 cm³/mol. The molecule has 134 valence electrons. The van der Waals surface area contributed by atoms with Crippen LogP contribution in [0, 0.1) is 0 Å². The number of benzene rings is 2. The average Bonchev–Trinajstić information content (AvgIpc) is 3.32. The minimum atomic E-state index is 0.149. The van der Waals surface area contributed by atoms with E-state index >= 15 is 0 Å². The number of aromatic nitrogens is 1. The van der Waals surface area contributed by atoms with Crippen molar-refractivity contribution in [1.29, 1.82) is 0 Å². The first-order chi connectivity index (χ1) is 12.8. The van der Waals surface area contributed by atoms with Crippen molar-refractivity contribution in [3.05, 3.63) is 71.9 Å². The number of H-pyrrole nitrogens is 1. The SMILES string of the molecule is O=C(CN(Cc1ccccc1)CC1CCCO1)c1c[nH]c2ccccc12. The van der Waals surface area contributed by atoms with E-state index in [2.05, 4.69) is 22.0 Å². The van der Waals surface area contributed by atoms with Crippen LogP contribution in [0.1, 0.15) is 28.8 Å². The molecule has 1 N–H and O–H groups in total. The molecule has 1 atom stereocenters. The lowest BCUT2D eigenvalue weighted by molar-refractivity contribution is 0.0651. The smallest absolute Gasteiger partial charge is 0.178 e. The highest BCUT2D eigenvalue weighted by atomic mass is 16.5. The Labute approximate surface area is 153 Å². The maximum atomic E-state index is 13.0. The number of fused-ring (bicyclic) bond motifs is 1. The standard InChI is InChI=1S/C22H24N2O2/c25-22(20-13-23-21-11-5-4-10-19(20)21)16-24(15-18-9-6-12-26-18)14-17-7-2-1-3-8-17/h1-5,7-8,10-11,13,18,23H,6,9,12,14-16H2. The summed E-state index contributed by atoms with van der Waals surface area (Å²) in [6, 6.07) is 18.3. The molecule has 0 bridgehead atoms.